The van der Waals surface area contributed by atoms with Crippen molar-refractivity contribution >= 4 is 22.0 Å². The number of aryl methyl sites for hydroxylation is 1. The number of alkyl halides is 2. The minimum Gasteiger partial charge on any atom is -0.435 e. The molecule has 31 heavy (non-hydrogen) atoms. The molecule has 0 aromatic heterocycles. The van der Waals surface area contributed by atoms with E-state index in [4.69, 9.17) is 0 Å². The Bertz CT molecular complexity index is 939. The molecule has 1 aliphatic heterocycles. The van der Waals surface area contributed by atoms with Crippen LogP contribution in [0, 0.1) is 11.8 Å². The summed E-state index contributed by atoms with van der Waals surface area (Å²) in [6.45, 7) is 3.78. The van der Waals surface area contributed by atoms with Crippen LogP contribution in [0.3, 0.4) is 0 Å². The Labute approximate surface area is 182 Å². The number of carbonyl (C=O) groups is 1. The molecule has 172 valence electrons. The minimum absolute atomic E-state index is 0.00845. The van der Waals surface area contributed by atoms with Crippen LogP contribution >= 0.6 is 0 Å². The fourth-order valence-corrected chi connectivity index (χ4v) is 5.51. The van der Waals surface area contributed by atoms with Crippen molar-refractivity contribution in [1.82, 2.24) is 9.62 Å². The van der Waals surface area contributed by atoms with Crippen molar-refractivity contribution in [2.45, 2.75) is 59.1 Å². The van der Waals surface area contributed by atoms with E-state index in [1.165, 1.54) is 16.4 Å². The van der Waals surface area contributed by atoms with Crippen molar-refractivity contribution in [3.63, 3.8) is 0 Å². The van der Waals surface area contributed by atoms with Gasteiger partial charge in [0, 0.05) is 25.0 Å². The van der Waals surface area contributed by atoms with E-state index in [9.17, 15) is 22.0 Å². The fourth-order valence-electron chi connectivity index (χ4n) is 3.86. The van der Waals surface area contributed by atoms with Gasteiger partial charge in [0.05, 0.1) is 4.91 Å². The minimum atomic E-state index is -3.63. The summed E-state index contributed by atoms with van der Waals surface area (Å²) in [7, 11) is -3.63. The van der Waals surface area contributed by atoms with Crippen molar-refractivity contribution in [3.8, 4) is 5.75 Å². The van der Waals surface area contributed by atoms with Gasteiger partial charge in [0.2, 0.25) is 15.9 Å². The zero-order valence-electron chi connectivity index (χ0n) is 18.1. The Balaban J connectivity index is 1.65. The number of sulfonamides is 1. The summed E-state index contributed by atoms with van der Waals surface area (Å²) >= 11 is 0. The summed E-state index contributed by atoms with van der Waals surface area (Å²) in [6, 6.07) is 4.63. The molecule has 0 radical (unpaired) electrons. The average Bonchev–Trinajstić information content (AvgIpc) is 2.72. The molecule has 1 atom stereocenters. The lowest BCUT2D eigenvalue weighted by Crippen LogP contribution is -2.46. The maximum absolute atomic E-state index is 13.1. The maximum atomic E-state index is 13.1. The lowest BCUT2D eigenvalue weighted by atomic mass is 9.96. The first-order valence-electron chi connectivity index (χ1n) is 10.7. The van der Waals surface area contributed by atoms with E-state index in [1.54, 1.807) is 12.1 Å². The Morgan fingerprint density at radius 2 is 1.84 bits per heavy atom. The van der Waals surface area contributed by atoms with Gasteiger partial charge < -0.3 is 10.1 Å². The first-order chi connectivity index (χ1) is 14.6. The number of carbonyl (C=O) groups excluding carboxylic acids is 1. The summed E-state index contributed by atoms with van der Waals surface area (Å²) in [5, 5.41) is 3.02. The summed E-state index contributed by atoms with van der Waals surface area (Å²) in [6.07, 6.45) is 3.35. The van der Waals surface area contributed by atoms with Crippen LogP contribution in [0.5, 0.6) is 5.75 Å². The van der Waals surface area contributed by atoms with E-state index in [0.717, 1.165) is 5.56 Å². The summed E-state index contributed by atoms with van der Waals surface area (Å²) in [4.78, 5) is 12.8. The predicted molar refractivity (Wildman–Crippen MR) is 115 cm³/mol. The molecular weight excluding hydrogens is 426 g/mol. The number of nitrogens with zero attached hydrogens (tertiary/aromatic N) is 1. The highest BCUT2D eigenvalue weighted by Crippen LogP contribution is 2.33. The Hall–Kier alpha value is -2.00. The Morgan fingerprint density at radius 1 is 1.16 bits per heavy atom. The molecule has 1 saturated heterocycles. The Kier molecular flexibility index (Phi) is 7.36. The molecule has 6 nitrogen and oxygen atoms in total. The largest absolute Gasteiger partial charge is 0.435 e. The van der Waals surface area contributed by atoms with Crippen molar-refractivity contribution < 1.29 is 26.7 Å². The second-order valence-corrected chi connectivity index (χ2v) is 10.6. The lowest BCUT2D eigenvalue weighted by Gasteiger charge is -2.32. The number of hydrogen-bond donors (Lipinski definition) is 1. The van der Waals surface area contributed by atoms with Gasteiger partial charge in [-0.05, 0) is 67.9 Å². The summed E-state index contributed by atoms with van der Waals surface area (Å²) in [5.74, 6) is 0.219. The van der Waals surface area contributed by atoms with Gasteiger partial charge in [0.1, 0.15) is 5.75 Å². The fraction of sp³-hybridized carbons (Fsp3) is 0.591. The molecule has 1 fully saturated rings. The molecule has 1 unspecified atom stereocenters. The summed E-state index contributed by atoms with van der Waals surface area (Å²) in [5.41, 5.74) is 1.48. The molecular formula is C22H30F2N2O4S. The molecule has 0 saturated carbocycles. The van der Waals surface area contributed by atoms with Crippen LogP contribution in [0.2, 0.25) is 0 Å². The number of benzene rings is 1. The van der Waals surface area contributed by atoms with E-state index < -0.39 is 16.6 Å². The second kappa shape index (κ2) is 9.65. The zero-order valence-corrected chi connectivity index (χ0v) is 18.9. The van der Waals surface area contributed by atoms with Crippen LogP contribution in [-0.4, -0.2) is 44.4 Å². The van der Waals surface area contributed by atoms with Gasteiger partial charge >= 0.3 is 6.61 Å². The molecule has 0 spiro atoms. The van der Waals surface area contributed by atoms with Crippen LogP contribution in [0.4, 0.5) is 8.78 Å². The van der Waals surface area contributed by atoms with E-state index in [1.807, 2.05) is 20.8 Å². The summed E-state index contributed by atoms with van der Waals surface area (Å²) < 4.78 is 57.0. The molecule has 1 heterocycles. The first kappa shape index (κ1) is 23.7. The van der Waals surface area contributed by atoms with E-state index >= 15 is 0 Å². The average molecular weight is 457 g/mol. The number of rotatable bonds is 7. The van der Waals surface area contributed by atoms with Crippen molar-refractivity contribution in [1.29, 1.82) is 0 Å². The van der Waals surface area contributed by atoms with Crippen LogP contribution < -0.4 is 10.1 Å². The van der Waals surface area contributed by atoms with Gasteiger partial charge in [-0.2, -0.15) is 13.1 Å². The SMILES string of the molecule is CC(C)C(C)NC(=O)C1CCN(S(=O)(=O)C2=Cc3ccc(OC(F)F)cc3CC2)CC1. The highest BCUT2D eigenvalue weighted by molar-refractivity contribution is 7.93. The van der Waals surface area contributed by atoms with Gasteiger partial charge in [-0.15, -0.1) is 0 Å². The number of allylic oxidation sites excluding steroid dienone is 1. The number of amides is 1. The zero-order chi connectivity index (χ0) is 22.8. The van der Waals surface area contributed by atoms with Gasteiger partial charge in [0.25, 0.3) is 0 Å². The quantitative estimate of drug-likeness (QED) is 0.678. The highest BCUT2D eigenvalue weighted by atomic mass is 32.2. The second-order valence-electron chi connectivity index (χ2n) is 8.57. The molecule has 1 aromatic carbocycles. The lowest BCUT2D eigenvalue weighted by molar-refractivity contribution is -0.127. The van der Waals surface area contributed by atoms with Crippen LogP contribution in [0.15, 0.2) is 23.1 Å². The smallest absolute Gasteiger partial charge is 0.387 e. The molecule has 1 aliphatic carbocycles. The predicted octanol–water partition coefficient (Wildman–Crippen LogP) is 3.78. The first-order valence-corrected chi connectivity index (χ1v) is 12.1. The number of fused-ring (bicyclic) bond motifs is 1. The van der Waals surface area contributed by atoms with Gasteiger partial charge in [-0.1, -0.05) is 19.9 Å². The Morgan fingerprint density at radius 3 is 2.45 bits per heavy atom. The van der Waals surface area contributed by atoms with Crippen molar-refractivity contribution in [3.05, 3.63) is 34.2 Å². The normalized spacial score (nSPS) is 19.1. The number of nitrogens with one attached hydrogen (secondary N) is 1. The third kappa shape index (κ3) is 5.63. The van der Waals surface area contributed by atoms with E-state index in [-0.39, 0.29) is 23.6 Å². The van der Waals surface area contributed by atoms with Crippen LogP contribution in [-0.2, 0) is 21.2 Å². The molecule has 1 N–H and O–H groups in total. The molecule has 3 rings (SSSR count). The van der Waals surface area contributed by atoms with Gasteiger partial charge in [0.15, 0.2) is 0 Å². The highest BCUT2D eigenvalue weighted by Gasteiger charge is 2.34. The van der Waals surface area contributed by atoms with Crippen LogP contribution in [0.25, 0.3) is 6.08 Å². The number of ether oxygens (including phenoxy) is 1. The third-order valence-electron chi connectivity index (χ3n) is 6.16. The van der Waals surface area contributed by atoms with Gasteiger partial charge in [-0.3, -0.25) is 4.79 Å². The number of hydrogen-bond acceptors (Lipinski definition) is 4. The molecule has 9 heteroatoms. The number of halogens is 2. The molecule has 1 aromatic rings. The third-order valence-corrected chi connectivity index (χ3v) is 8.19. The molecule has 0 bridgehead atoms. The van der Waals surface area contributed by atoms with Gasteiger partial charge in [-0.25, -0.2) is 8.42 Å². The van der Waals surface area contributed by atoms with E-state index in [0.29, 0.717) is 55.2 Å². The maximum Gasteiger partial charge on any atom is 0.387 e. The number of piperidine rings is 1. The van der Waals surface area contributed by atoms with Crippen molar-refractivity contribution in [2.24, 2.45) is 11.8 Å². The monoisotopic (exact) mass is 456 g/mol. The van der Waals surface area contributed by atoms with Crippen molar-refractivity contribution in [2.75, 3.05) is 13.1 Å². The van der Waals surface area contributed by atoms with Crippen LogP contribution in [0.1, 0.15) is 51.2 Å². The standard InChI is InChI=1S/C22H30F2N2O4S/c1-14(2)15(3)25-21(27)16-8-10-26(11-9-16)31(28,29)20-7-5-17-12-19(30-22(23)24)6-4-18(17)13-20/h4,6,12-16,22H,5,7-11H2,1-3H3,(H,25,27). The van der Waals surface area contributed by atoms with E-state index in [2.05, 4.69) is 10.1 Å². The molecule has 2 aliphatic rings. The molecule has 1 amide bonds. The topological polar surface area (TPSA) is 75.7 Å².